The first-order valence-electron chi connectivity index (χ1n) is 11.3. The van der Waals surface area contributed by atoms with Crippen LogP contribution in [0, 0.1) is 0 Å². The minimum atomic E-state index is 0.696. The lowest BCUT2D eigenvalue weighted by Gasteiger charge is -2.44. The highest BCUT2D eigenvalue weighted by Gasteiger charge is 2.28. The topological polar surface area (TPSA) is 19.0 Å². The Morgan fingerprint density at radius 1 is 0.967 bits per heavy atom. The second-order valence-corrected chi connectivity index (χ2v) is 8.65. The van der Waals surface area contributed by atoms with Crippen molar-refractivity contribution in [3.05, 3.63) is 65.7 Å². The summed E-state index contributed by atoms with van der Waals surface area (Å²) in [4.78, 5) is 7.88. The maximum absolute atomic E-state index is 5.29. The summed E-state index contributed by atoms with van der Waals surface area (Å²) >= 11 is 0. The van der Waals surface area contributed by atoms with E-state index < -0.39 is 0 Å². The van der Waals surface area contributed by atoms with Crippen LogP contribution in [0.3, 0.4) is 0 Å². The predicted octanol–water partition coefficient (Wildman–Crippen LogP) is 4.39. The molecule has 1 atom stereocenters. The highest BCUT2D eigenvalue weighted by atomic mass is 16.5. The number of piperidine rings is 1. The van der Waals surface area contributed by atoms with Crippen LogP contribution in [-0.2, 0) is 0 Å². The molecule has 2 fully saturated rings. The molecule has 2 saturated heterocycles. The number of methoxy groups -OCH3 is 1. The Morgan fingerprint density at radius 3 is 2.40 bits per heavy atom. The van der Waals surface area contributed by atoms with Crippen LogP contribution in [0.4, 0.5) is 5.69 Å². The third-order valence-electron chi connectivity index (χ3n) is 6.43. The molecule has 0 N–H and O–H groups in total. The van der Waals surface area contributed by atoms with Gasteiger partial charge in [0.1, 0.15) is 5.75 Å². The Bertz CT molecular complexity index is 810. The van der Waals surface area contributed by atoms with E-state index in [9.17, 15) is 0 Å². The molecule has 4 nitrogen and oxygen atoms in total. The van der Waals surface area contributed by atoms with Gasteiger partial charge in [-0.15, -0.1) is 0 Å². The van der Waals surface area contributed by atoms with Crippen molar-refractivity contribution >= 4 is 11.8 Å². The van der Waals surface area contributed by atoms with E-state index >= 15 is 0 Å². The zero-order chi connectivity index (χ0) is 20.8. The minimum Gasteiger partial charge on any atom is -0.497 e. The zero-order valence-electron chi connectivity index (χ0n) is 18.5. The number of hydrogen-bond donors (Lipinski definition) is 0. The zero-order valence-corrected chi connectivity index (χ0v) is 18.5. The van der Waals surface area contributed by atoms with Crippen molar-refractivity contribution in [2.45, 2.75) is 25.8 Å². The van der Waals surface area contributed by atoms with E-state index in [0.29, 0.717) is 6.04 Å². The van der Waals surface area contributed by atoms with Crippen LogP contribution in [0.2, 0.25) is 0 Å². The van der Waals surface area contributed by atoms with Crippen molar-refractivity contribution in [2.24, 2.45) is 0 Å². The number of rotatable bonds is 6. The van der Waals surface area contributed by atoms with Crippen LogP contribution in [0.5, 0.6) is 5.75 Å². The van der Waals surface area contributed by atoms with Crippen LogP contribution in [0.1, 0.15) is 25.3 Å². The van der Waals surface area contributed by atoms with E-state index in [1.165, 1.54) is 42.8 Å². The third-order valence-corrected chi connectivity index (χ3v) is 6.43. The molecule has 4 heteroatoms. The van der Waals surface area contributed by atoms with Gasteiger partial charge in [0, 0.05) is 51.0 Å². The largest absolute Gasteiger partial charge is 0.497 e. The quantitative estimate of drug-likeness (QED) is 0.710. The normalized spacial score (nSPS) is 21.6. The van der Waals surface area contributed by atoms with E-state index in [2.05, 4.69) is 82.3 Å². The lowest BCUT2D eigenvalue weighted by molar-refractivity contribution is 0.0978. The molecule has 0 aromatic heterocycles. The summed E-state index contributed by atoms with van der Waals surface area (Å²) in [5, 5.41) is 0. The third kappa shape index (κ3) is 5.44. The van der Waals surface area contributed by atoms with Gasteiger partial charge < -0.3 is 9.64 Å². The lowest BCUT2D eigenvalue weighted by atomic mass is 10.0. The van der Waals surface area contributed by atoms with Crippen molar-refractivity contribution in [1.29, 1.82) is 0 Å². The monoisotopic (exact) mass is 405 g/mol. The minimum absolute atomic E-state index is 0.696. The van der Waals surface area contributed by atoms with Crippen molar-refractivity contribution in [3.63, 3.8) is 0 Å². The van der Waals surface area contributed by atoms with Gasteiger partial charge in [0.05, 0.1) is 7.11 Å². The van der Waals surface area contributed by atoms with E-state index in [4.69, 9.17) is 4.74 Å². The Kier molecular flexibility index (Phi) is 7.08. The first kappa shape index (κ1) is 21.0. The summed E-state index contributed by atoms with van der Waals surface area (Å²) in [6.45, 7) is 10.3. The summed E-state index contributed by atoms with van der Waals surface area (Å²) in [5.41, 5.74) is 4.06. The van der Waals surface area contributed by atoms with Crippen LogP contribution >= 0.6 is 0 Å². The molecule has 0 bridgehead atoms. The summed E-state index contributed by atoms with van der Waals surface area (Å²) in [7, 11) is 1.72. The molecule has 2 heterocycles. The SMILES string of the molecule is COc1ccc(N2CCN([C@H]3CCCN(C/C(C)=C/c4ccccc4)C3)CC2)cc1. The molecular formula is C26H35N3O. The van der Waals surface area contributed by atoms with Crippen molar-refractivity contribution in [3.8, 4) is 5.75 Å². The number of likely N-dealkylation sites (tertiary alicyclic amines) is 1. The highest BCUT2D eigenvalue weighted by Crippen LogP contribution is 2.23. The van der Waals surface area contributed by atoms with Gasteiger partial charge >= 0.3 is 0 Å². The average molecular weight is 406 g/mol. The molecule has 0 amide bonds. The molecule has 2 aromatic rings. The fourth-order valence-corrected chi connectivity index (χ4v) is 4.84. The summed E-state index contributed by atoms with van der Waals surface area (Å²) in [6, 6.07) is 19.9. The summed E-state index contributed by atoms with van der Waals surface area (Å²) < 4.78 is 5.29. The van der Waals surface area contributed by atoms with Crippen LogP contribution in [0.25, 0.3) is 6.08 Å². The standard InChI is InChI=1S/C26H35N3O/c1-22(19-23-7-4-3-5-8-23)20-27-14-6-9-25(21-27)29-17-15-28(16-18-29)24-10-12-26(30-2)13-11-24/h3-5,7-8,10-13,19,25H,6,9,14-18,20-21H2,1-2H3/b22-19+/t25-/m0/s1. The highest BCUT2D eigenvalue weighted by molar-refractivity contribution is 5.52. The van der Waals surface area contributed by atoms with Gasteiger partial charge in [0.25, 0.3) is 0 Å². The number of nitrogens with zero attached hydrogens (tertiary/aromatic N) is 3. The Morgan fingerprint density at radius 2 is 1.70 bits per heavy atom. The first-order chi connectivity index (χ1) is 14.7. The number of ether oxygens (including phenoxy) is 1. The lowest BCUT2D eigenvalue weighted by Crippen LogP contribution is -2.55. The molecule has 30 heavy (non-hydrogen) atoms. The van der Waals surface area contributed by atoms with Gasteiger partial charge in [-0.05, 0) is 56.1 Å². The smallest absolute Gasteiger partial charge is 0.119 e. The van der Waals surface area contributed by atoms with E-state index in [-0.39, 0.29) is 0 Å². The van der Waals surface area contributed by atoms with Crippen molar-refractivity contribution < 1.29 is 4.74 Å². The first-order valence-corrected chi connectivity index (χ1v) is 11.3. The summed E-state index contributed by atoms with van der Waals surface area (Å²) in [5.74, 6) is 0.927. The molecule has 0 radical (unpaired) electrons. The number of anilines is 1. The van der Waals surface area contributed by atoms with Crippen molar-refractivity contribution in [1.82, 2.24) is 9.80 Å². The number of benzene rings is 2. The Balaban J connectivity index is 1.28. The molecule has 0 unspecified atom stereocenters. The van der Waals surface area contributed by atoms with E-state index in [0.717, 1.165) is 38.5 Å². The van der Waals surface area contributed by atoms with E-state index in [1.54, 1.807) is 7.11 Å². The fraction of sp³-hybridized carbons (Fsp3) is 0.462. The van der Waals surface area contributed by atoms with Crippen LogP contribution in [0.15, 0.2) is 60.2 Å². The van der Waals surface area contributed by atoms with Crippen molar-refractivity contribution in [2.75, 3.05) is 57.8 Å². The number of hydrogen-bond acceptors (Lipinski definition) is 4. The second-order valence-electron chi connectivity index (χ2n) is 8.65. The van der Waals surface area contributed by atoms with Gasteiger partial charge in [-0.2, -0.15) is 0 Å². The van der Waals surface area contributed by atoms with Gasteiger partial charge in [0.15, 0.2) is 0 Å². The van der Waals surface area contributed by atoms with Gasteiger partial charge in [-0.1, -0.05) is 42.0 Å². The second kappa shape index (κ2) is 10.1. The van der Waals surface area contributed by atoms with Gasteiger partial charge in [-0.3, -0.25) is 9.80 Å². The number of piperazine rings is 1. The molecule has 0 saturated carbocycles. The fourth-order valence-electron chi connectivity index (χ4n) is 4.84. The Hall–Kier alpha value is -2.30. The molecular weight excluding hydrogens is 370 g/mol. The molecule has 160 valence electrons. The van der Waals surface area contributed by atoms with Crippen LogP contribution in [-0.4, -0.2) is 68.8 Å². The van der Waals surface area contributed by atoms with Gasteiger partial charge in [-0.25, -0.2) is 0 Å². The average Bonchev–Trinajstić information content (AvgIpc) is 2.80. The molecule has 0 aliphatic carbocycles. The molecule has 2 aromatic carbocycles. The maximum atomic E-state index is 5.29. The molecule has 0 spiro atoms. The maximum Gasteiger partial charge on any atom is 0.119 e. The van der Waals surface area contributed by atoms with E-state index in [1.807, 2.05) is 0 Å². The molecule has 2 aliphatic rings. The molecule has 4 rings (SSSR count). The Labute approximate surface area is 181 Å². The summed E-state index contributed by atoms with van der Waals surface area (Å²) in [6.07, 6.45) is 4.97. The van der Waals surface area contributed by atoms with Crippen LogP contribution < -0.4 is 9.64 Å². The molecule has 2 aliphatic heterocycles. The van der Waals surface area contributed by atoms with Gasteiger partial charge in [0.2, 0.25) is 0 Å². The predicted molar refractivity (Wildman–Crippen MR) is 126 cm³/mol.